The van der Waals surface area contributed by atoms with Crippen LogP contribution in [0.25, 0.3) is 0 Å². The van der Waals surface area contributed by atoms with Gasteiger partial charge in [-0.05, 0) is 36.2 Å². The Hall–Kier alpha value is -3.28. The summed E-state index contributed by atoms with van der Waals surface area (Å²) in [5.41, 5.74) is 3.14. The zero-order chi connectivity index (χ0) is 18.9. The van der Waals surface area contributed by atoms with Crippen molar-refractivity contribution in [2.75, 3.05) is 23.8 Å². The summed E-state index contributed by atoms with van der Waals surface area (Å²) in [6.45, 7) is 2.29. The highest BCUT2D eigenvalue weighted by Crippen LogP contribution is 2.18. The molecule has 0 unspecified atom stereocenters. The summed E-state index contributed by atoms with van der Waals surface area (Å²) in [7, 11) is 2.06. The van der Waals surface area contributed by atoms with Gasteiger partial charge in [0.05, 0.1) is 6.33 Å². The van der Waals surface area contributed by atoms with Gasteiger partial charge in [0.2, 0.25) is 0 Å². The van der Waals surface area contributed by atoms with Crippen molar-refractivity contribution in [2.45, 2.75) is 19.5 Å². The Morgan fingerprint density at radius 2 is 1.89 bits per heavy atom. The lowest BCUT2D eigenvalue weighted by Gasteiger charge is -2.20. The average Bonchev–Trinajstić information content (AvgIpc) is 3.20. The van der Waals surface area contributed by atoms with Crippen LogP contribution >= 0.6 is 0 Å². The number of carbonyl (C=O) groups is 1. The molecule has 3 rings (SSSR count). The van der Waals surface area contributed by atoms with Crippen molar-refractivity contribution in [3.8, 4) is 0 Å². The molecule has 2 aromatic carbocycles. The quantitative estimate of drug-likeness (QED) is 0.600. The molecule has 2 N–H and O–H groups in total. The van der Waals surface area contributed by atoms with E-state index in [2.05, 4.69) is 39.7 Å². The van der Waals surface area contributed by atoms with Gasteiger partial charge >= 0.3 is 6.03 Å². The summed E-state index contributed by atoms with van der Waals surface area (Å²) in [5.74, 6) is 0. The maximum atomic E-state index is 12.0. The average molecular weight is 363 g/mol. The molecular formula is C21H25N5O. The number of hydrogen-bond donors (Lipinski definition) is 2. The van der Waals surface area contributed by atoms with Crippen LogP contribution in [-0.4, -0.2) is 29.2 Å². The van der Waals surface area contributed by atoms with Gasteiger partial charge in [-0.15, -0.1) is 0 Å². The first-order valence-corrected chi connectivity index (χ1v) is 9.06. The van der Waals surface area contributed by atoms with Crippen LogP contribution in [0.3, 0.4) is 0 Å². The van der Waals surface area contributed by atoms with E-state index in [-0.39, 0.29) is 6.03 Å². The third-order valence-corrected chi connectivity index (χ3v) is 4.27. The summed E-state index contributed by atoms with van der Waals surface area (Å²) < 4.78 is 1.99. The number of benzene rings is 2. The lowest BCUT2D eigenvalue weighted by atomic mass is 10.2. The molecule has 6 heteroatoms. The van der Waals surface area contributed by atoms with E-state index >= 15 is 0 Å². The fraction of sp³-hybridized carbons (Fsp3) is 0.238. The van der Waals surface area contributed by atoms with E-state index in [1.807, 2.05) is 53.2 Å². The molecule has 6 nitrogen and oxygen atoms in total. The SMILES string of the molecule is CN(Cc1ccccc1)c1ccc(NC(=O)NCCCn2ccnc2)cc1. The summed E-state index contributed by atoms with van der Waals surface area (Å²) in [4.78, 5) is 18.2. The van der Waals surface area contributed by atoms with Crippen LogP contribution in [0.4, 0.5) is 16.2 Å². The number of aromatic nitrogens is 2. The predicted octanol–water partition coefficient (Wildman–Crippen LogP) is 3.73. The van der Waals surface area contributed by atoms with Crippen LogP contribution in [0.2, 0.25) is 0 Å². The highest BCUT2D eigenvalue weighted by molar-refractivity contribution is 5.89. The zero-order valence-corrected chi connectivity index (χ0v) is 15.5. The number of urea groups is 1. The smallest absolute Gasteiger partial charge is 0.319 e. The molecule has 0 radical (unpaired) electrons. The van der Waals surface area contributed by atoms with E-state index in [1.165, 1.54) is 5.56 Å². The molecule has 0 spiro atoms. The van der Waals surface area contributed by atoms with Crippen LogP contribution in [0.1, 0.15) is 12.0 Å². The normalized spacial score (nSPS) is 10.4. The van der Waals surface area contributed by atoms with Crippen molar-refractivity contribution in [2.24, 2.45) is 0 Å². The molecule has 0 bridgehead atoms. The van der Waals surface area contributed by atoms with Gasteiger partial charge in [-0.3, -0.25) is 0 Å². The number of aryl methyl sites for hydroxylation is 1. The number of carbonyl (C=O) groups excluding carboxylic acids is 1. The molecule has 0 saturated heterocycles. The van der Waals surface area contributed by atoms with Crippen LogP contribution in [0, 0.1) is 0 Å². The number of imidazole rings is 1. The van der Waals surface area contributed by atoms with Crippen LogP contribution < -0.4 is 15.5 Å². The van der Waals surface area contributed by atoms with E-state index in [0.717, 1.165) is 30.9 Å². The van der Waals surface area contributed by atoms with Gasteiger partial charge in [-0.25, -0.2) is 9.78 Å². The third-order valence-electron chi connectivity index (χ3n) is 4.27. The van der Waals surface area contributed by atoms with Gasteiger partial charge in [0.1, 0.15) is 0 Å². The second-order valence-electron chi connectivity index (χ2n) is 6.42. The predicted molar refractivity (Wildman–Crippen MR) is 109 cm³/mol. The molecule has 0 saturated carbocycles. The molecule has 140 valence electrons. The van der Waals surface area contributed by atoms with Crippen molar-refractivity contribution < 1.29 is 4.79 Å². The molecule has 27 heavy (non-hydrogen) atoms. The topological polar surface area (TPSA) is 62.2 Å². The number of rotatable bonds is 8. The number of hydrogen-bond acceptors (Lipinski definition) is 3. The number of nitrogens with one attached hydrogen (secondary N) is 2. The number of nitrogens with zero attached hydrogens (tertiary/aromatic N) is 3. The van der Waals surface area contributed by atoms with Crippen LogP contribution in [0.15, 0.2) is 73.3 Å². The molecule has 0 fully saturated rings. The molecule has 1 aromatic heterocycles. The molecule has 0 aliphatic heterocycles. The van der Waals surface area contributed by atoms with Crippen molar-refractivity contribution in [1.29, 1.82) is 0 Å². The minimum absolute atomic E-state index is 0.189. The van der Waals surface area contributed by atoms with E-state index < -0.39 is 0 Å². The molecule has 0 aliphatic carbocycles. The van der Waals surface area contributed by atoms with E-state index in [9.17, 15) is 4.79 Å². The van der Waals surface area contributed by atoms with Crippen molar-refractivity contribution >= 4 is 17.4 Å². The minimum Gasteiger partial charge on any atom is -0.370 e. The second kappa shape index (κ2) is 9.43. The minimum atomic E-state index is -0.189. The highest BCUT2D eigenvalue weighted by Gasteiger charge is 2.04. The Morgan fingerprint density at radius 1 is 1.11 bits per heavy atom. The largest absolute Gasteiger partial charge is 0.370 e. The number of amides is 2. The second-order valence-corrected chi connectivity index (χ2v) is 6.42. The summed E-state index contributed by atoms with van der Waals surface area (Å²) in [6, 6.07) is 18.0. The molecule has 0 atom stereocenters. The summed E-state index contributed by atoms with van der Waals surface area (Å²) in [6.07, 6.45) is 6.29. The van der Waals surface area contributed by atoms with Gasteiger partial charge in [0.25, 0.3) is 0 Å². The van der Waals surface area contributed by atoms with Crippen molar-refractivity contribution in [3.63, 3.8) is 0 Å². The maximum absolute atomic E-state index is 12.0. The highest BCUT2D eigenvalue weighted by atomic mass is 16.2. The van der Waals surface area contributed by atoms with Crippen LogP contribution in [-0.2, 0) is 13.1 Å². The maximum Gasteiger partial charge on any atom is 0.319 e. The van der Waals surface area contributed by atoms with Crippen LogP contribution in [0.5, 0.6) is 0 Å². The van der Waals surface area contributed by atoms with E-state index in [1.54, 1.807) is 12.5 Å². The Labute approximate surface area is 159 Å². The summed E-state index contributed by atoms with van der Waals surface area (Å²) in [5, 5.41) is 5.73. The molecule has 1 heterocycles. The molecular weight excluding hydrogens is 338 g/mol. The summed E-state index contributed by atoms with van der Waals surface area (Å²) >= 11 is 0. The molecule has 3 aromatic rings. The first-order valence-electron chi connectivity index (χ1n) is 9.06. The van der Waals surface area contributed by atoms with Gasteiger partial charge in [0.15, 0.2) is 0 Å². The zero-order valence-electron chi connectivity index (χ0n) is 15.5. The first-order chi connectivity index (χ1) is 13.2. The van der Waals surface area contributed by atoms with Gasteiger partial charge < -0.3 is 20.1 Å². The molecule has 0 aliphatic rings. The molecule has 2 amide bonds. The monoisotopic (exact) mass is 363 g/mol. The lowest BCUT2D eigenvalue weighted by molar-refractivity contribution is 0.252. The van der Waals surface area contributed by atoms with E-state index in [4.69, 9.17) is 0 Å². The Morgan fingerprint density at radius 3 is 2.59 bits per heavy atom. The fourth-order valence-corrected chi connectivity index (χ4v) is 2.81. The standard InChI is InChI=1S/C21H25N5O/c1-25(16-18-6-3-2-4-7-18)20-10-8-19(9-11-20)24-21(27)23-12-5-14-26-15-13-22-17-26/h2-4,6-11,13,15,17H,5,12,14,16H2,1H3,(H2,23,24,27). The van der Waals surface area contributed by atoms with Crippen molar-refractivity contribution in [3.05, 3.63) is 78.9 Å². The third kappa shape index (κ3) is 5.88. The van der Waals surface area contributed by atoms with Crippen molar-refractivity contribution in [1.82, 2.24) is 14.9 Å². The first kappa shape index (κ1) is 18.5. The Bertz CT molecular complexity index is 816. The van der Waals surface area contributed by atoms with Gasteiger partial charge in [0, 0.05) is 50.5 Å². The van der Waals surface area contributed by atoms with E-state index in [0.29, 0.717) is 6.54 Å². The van der Waals surface area contributed by atoms with Gasteiger partial charge in [-0.2, -0.15) is 0 Å². The fourth-order valence-electron chi connectivity index (χ4n) is 2.81. The lowest BCUT2D eigenvalue weighted by Crippen LogP contribution is -2.30. The van der Waals surface area contributed by atoms with Gasteiger partial charge in [-0.1, -0.05) is 30.3 Å². The Kier molecular flexibility index (Phi) is 6.46. The Balaban J connectivity index is 1.42. The number of anilines is 2.